The van der Waals surface area contributed by atoms with Crippen LogP contribution in [0.15, 0.2) is 0 Å². The first kappa shape index (κ1) is 20.0. The van der Waals surface area contributed by atoms with Gasteiger partial charge in [-0.2, -0.15) is 0 Å². The molecule has 0 aromatic heterocycles. The molecule has 0 radical (unpaired) electrons. The van der Waals surface area contributed by atoms with Gasteiger partial charge in [-0.3, -0.25) is 14.4 Å². The Balaban J connectivity index is 1.67. The highest BCUT2D eigenvalue weighted by atomic mass is 32.2. The van der Waals surface area contributed by atoms with Gasteiger partial charge in [0, 0.05) is 24.4 Å². The van der Waals surface area contributed by atoms with Gasteiger partial charge in [-0.25, -0.2) is 0 Å². The van der Waals surface area contributed by atoms with Gasteiger partial charge in [-0.15, -0.1) is 11.8 Å². The summed E-state index contributed by atoms with van der Waals surface area (Å²) < 4.78 is -0.897. The Morgan fingerprint density at radius 3 is 2.57 bits per heavy atom. The first-order valence-electron chi connectivity index (χ1n) is 10.5. The number of hydrogen-bond donors (Lipinski definition) is 3. The van der Waals surface area contributed by atoms with Crippen molar-refractivity contribution in [2.75, 3.05) is 20.2 Å². The van der Waals surface area contributed by atoms with Crippen LogP contribution in [0, 0.1) is 11.8 Å². The standard InChI is InChI=1S/C20H31N3O4S/c1-19-8-9-20(28-19)14(13(19)16(25)21-2)18(27)23(10-11-24)15(20)17(26)22-12-6-4-3-5-7-12/h12-15,24H,3-11H2,1-2H3,(H,21,25)(H,22,26)/t13-,14-,15?,19+,20?/m0/s1. The summed E-state index contributed by atoms with van der Waals surface area (Å²) >= 11 is 1.67. The van der Waals surface area contributed by atoms with Crippen molar-refractivity contribution in [3.8, 4) is 0 Å². The zero-order valence-electron chi connectivity index (χ0n) is 16.7. The molecule has 2 bridgehead atoms. The topological polar surface area (TPSA) is 98.7 Å². The molecule has 2 unspecified atom stereocenters. The van der Waals surface area contributed by atoms with Crippen LogP contribution in [-0.4, -0.2) is 69.5 Å². The van der Waals surface area contributed by atoms with Gasteiger partial charge in [0.15, 0.2) is 0 Å². The molecule has 3 N–H and O–H groups in total. The number of nitrogens with one attached hydrogen (secondary N) is 2. The fourth-order valence-corrected chi connectivity index (χ4v) is 8.51. The zero-order valence-corrected chi connectivity index (χ0v) is 17.5. The number of carbonyl (C=O) groups is 3. The monoisotopic (exact) mass is 409 g/mol. The molecule has 5 atom stereocenters. The number of aliphatic hydroxyl groups is 1. The molecule has 4 fully saturated rings. The summed E-state index contributed by atoms with van der Waals surface area (Å²) in [7, 11) is 1.60. The summed E-state index contributed by atoms with van der Waals surface area (Å²) in [6, 6.07) is -0.447. The summed E-state index contributed by atoms with van der Waals surface area (Å²) in [6.07, 6.45) is 6.98. The molecule has 7 nitrogen and oxygen atoms in total. The number of likely N-dealkylation sites (tertiary alicyclic amines) is 1. The largest absolute Gasteiger partial charge is 0.395 e. The zero-order chi connectivity index (χ0) is 20.1. The van der Waals surface area contributed by atoms with Gasteiger partial charge < -0.3 is 20.6 Å². The van der Waals surface area contributed by atoms with Crippen LogP contribution in [0.5, 0.6) is 0 Å². The molecule has 8 heteroatoms. The normalized spacial score (nSPS) is 39.9. The fourth-order valence-electron chi connectivity index (χ4n) is 6.16. The molecule has 156 valence electrons. The molecule has 1 aliphatic carbocycles. The van der Waals surface area contributed by atoms with E-state index >= 15 is 0 Å². The molecule has 0 aromatic carbocycles. The van der Waals surface area contributed by atoms with E-state index in [4.69, 9.17) is 0 Å². The molecule has 3 saturated heterocycles. The number of nitrogens with zero attached hydrogens (tertiary/aromatic N) is 1. The highest BCUT2D eigenvalue weighted by Gasteiger charge is 2.76. The van der Waals surface area contributed by atoms with Gasteiger partial charge in [0.1, 0.15) is 6.04 Å². The van der Waals surface area contributed by atoms with Crippen molar-refractivity contribution in [2.24, 2.45) is 11.8 Å². The first-order valence-corrected chi connectivity index (χ1v) is 11.3. The first-order chi connectivity index (χ1) is 13.4. The van der Waals surface area contributed by atoms with Gasteiger partial charge in [-0.05, 0) is 32.6 Å². The van der Waals surface area contributed by atoms with E-state index < -0.39 is 22.6 Å². The van der Waals surface area contributed by atoms with E-state index in [9.17, 15) is 19.5 Å². The maximum atomic E-state index is 13.4. The molecule has 3 amide bonds. The third kappa shape index (κ3) is 2.78. The minimum atomic E-state index is -0.611. The maximum absolute atomic E-state index is 13.4. The highest BCUT2D eigenvalue weighted by Crippen LogP contribution is 2.71. The average Bonchev–Trinajstić information content (AvgIpc) is 3.24. The smallest absolute Gasteiger partial charge is 0.244 e. The number of hydrogen-bond acceptors (Lipinski definition) is 5. The lowest BCUT2D eigenvalue weighted by Gasteiger charge is -2.35. The SMILES string of the molecule is CNC(=O)[C@@H]1[C@H]2C(=O)N(CCO)C(C(=O)NC3CCCCC3)C23CC[C@@]1(C)S3. The molecule has 0 aromatic rings. The van der Waals surface area contributed by atoms with Crippen molar-refractivity contribution in [3.63, 3.8) is 0 Å². The summed E-state index contributed by atoms with van der Waals surface area (Å²) in [5.74, 6) is -1.30. The number of rotatable bonds is 5. The van der Waals surface area contributed by atoms with Crippen LogP contribution in [0.1, 0.15) is 51.9 Å². The summed E-state index contributed by atoms with van der Waals surface area (Å²) in [4.78, 5) is 41.1. The van der Waals surface area contributed by atoms with Gasteiger partial charge >= 0.3 is 0 Å². The van der Waals surface area contributed by atoms with E-state index in [0.29, 0.717) is 0 Å². The van der Waals surface area contributed by atoms with Crippen molar-refractivity contribution in [1.82, 2.24) is 15.5 Å². The lowest BCUT2D eigenvalue weighted by molar-refractivity contribution is -0.141. The molecule has 1 saturated carbocycles. The van der Waals surface area contributed by atoms with E-state index in [-0.39, 0.29) is 41.7 Å². The molecular formula is C20H31N3O4S. The Bertz CT molecular complexity index is 682. The fraction of sp³-hybridized carbons (Fsp3) is 0.850. The minimum absolute atomic E-state index is 0.106. The van der Waals surface area contributed by atoms with Crippen molar-refractivity contribution in [3.05, 3.63) is 0 Å². The summed E-state index contributed by atoms with van der Waals surface area (Å²) in [6.45, 7) is 2.01. The number of amides is 3. The van der Waals surface area contributed by atoms with Crippen LogP contribution in [-0.2, 0) is 14.4 Å². The van der Waals surface area contributed by atoms with Crippen molar-refractivity contribution >= 4 is 29.5 Å². The van der Waals surface area contributed by atoms with Crippen LogP contribution in [0.4, 0.5) is 0 Å². The maximum Gasteiger partial charge on any atom is 0.244 e. The van der Waals surface area contributed by atoms with Crippen molar-refractivity contribution in [1.29, 1.82) is 0 Å². The molecule has 3 aliphatic heterocycles. The minimum Gasteiger partial charge on any atom is -0.395 e. The Kier molecular flexibility index (Phi) is 5.15. The van der Waals surface area contributed by atoms with Crippen LogP contribution in [0.3, 0.4) is 0 Å². The van der Waals surface area contributed by atoms with Crippen molar-refractivity contribution < 1.29 is 19.5 Å². The summed E-state index contributed by atoms with van der Waals surface area (Å²) in [5, 5.41) is 15.5. The number of thioether (sulfide) groups is 1. The van der Waals surface area contributed by atoms with Crippen LogP contribution in [0.2, 0.25) is 0 Å². The molecule has 4 rings (SSSR count). The second-order valence-electron chi connectivity index (χ2n) is 8.94. The second-order valence-corrected chi connectivity index (χ2v) is 10.8. The van der Waals surface area contributed by atoms with E-state index in [1.165, 1.54) is 6.42 Å². The lowest BCUT2D eigenvalue weighted by atomic mass is 9.66. The van der Waals surface area contributed by atoms with E-state index in [0.717, 1.165) is 38.5 Å². The third-order valence-corrected chi connectivity index (χ3v) is 9.33. The molecular weight excluding hydrogens is 378 g/mol. The average molecular weight is 410 g/mol. The van der Waals surface area contributed by atoms with Gasteiger partial charge in [-0.1, -0.05) is 19.3 Å². The van der Waals surface area contributed by atoms with E-state index in [1.54, 1.807) is 23.7 Å². The third-order valence-electron chi connectivity index (χ3n) is 7.35. The highest BCUT2D eigenvalue weighted by molar-refractivity contribution is 8.02. The number of carbonyl (C=O) groups excluding carboxylic acids is 3. The predicted octanol–water partition coefficient (Wildman–Crippen LogP) is 0.655. The van der Waals surface area contributed by atoms with Gasteiger partial charge in [0.05, 0.1) is 23.2 Å². The Morgan fingerprint density at radius 2 is 1.93 bits per heavy atom. The quantitative estimate of drug-likeness (QED) is 0.619. The molecule has 3 heterocycles. The number of aliphatic hydroxyl groups excluding tert-OH is 1. The van der Waals surface area contributed by atoms with Gasteiger partial charge in [0.2, 0.25) is 17.7 Å². The van der Waals surface area contributed by atoms with Crippen molar-refractivity contribution in [2.45, 2.75) is 73.4 Å². The number of β-amino-alcohol motifs (C(OH)–C–C–N with tert-alkyl or cyclic N) is 1. The molecule has 4 aliphatic rings. The lowest BCUT2D eigenvalue weighted by Crippen LogP contribution is -2.56. The Morgan fingerprint density at radius 1 is 1.21 bits per heavy atom. The summed E-state index contributed by atoms with van der Waals surface area (Å²) in [5.41, 5.74) is 0. The Hall–Kier alpha value is -1.28. The molecule has 1 spiro atoms. The second kappa shape index (κ2) is 7.20. The molecule has 28 heavy (non-hydrogen) atoms. The predicted molar refractivity (Wildman–Crippen MR) is 107 cm³/mol. The Labute approximate surface area is 170 Å². The van der Waals surface area contributed by atoms with Crippen LogP contribution in [0.25, 0.3) is 0 Å². The van der Waals surface area contributed by atoms with E-state index in [1.807, 2.05) is 0 Å². The van der Waals surface area contributed by atoms with Crippen LogP contribution < -0.4 is 10.6 Å². The van der Waals surface area contributed by atoms with Gasteiger partial charge in [0.25, 0.3) is 0 Å². The van der Waals surface area contributed by atoms with E-state index in [2.05, 4.69) is 17.6 Å². The number of fused-ring (bicyclic) bond motifs is 1. The van der Waals surface area contributed by atoms with Crippen LogP contribution >= 0.6 is 11.8 Å².